The molecule has 0 bridgehead atoms. The molecule has 0 saturated heterocycles. The van der Waals surface area contributed by atoms with Crippen LogP contribution in [-0.4, -0.2) is 29.7 Å². The van der Waals surface area contributed by atoms with Crippen LogP contribution in [0.1, 0.15) is 40.2 Å². The summed E-state index contributed by atoms with van der Waals surface area (Å²) in [5, 5.41) is 9.38. The van der Waals surface area contributed by atoms with Gasteiger partial charge in [0.2, 0.25) is 0 Å². The van der Waals surface area contributed by atoms with E-state index in [9.17, 15) is 14.3 Å². The Morgan fingerprint density at radius 2 is 1.97 bits per heavy atom. The normalized spacial score (nSPS) is 15.2. The van der Waals surface area contributed by atoms with Gasteiger partial charge in [0.15, 0.2) is 0 Å². The van der Waals surface area contributed by atoms with Crippen LogP contribution in [0, 0.1) is 5.82 Å². The first kappa shape index (κ1) is 19.9. The number of halogens is 1. The van der Waals surface area contributed by atoms with Gasteiger partial charge in [-0.2, -0.15) is 0 Å². The summed E-state index contributed by atoms with van der Waals surface area (Å²) >= 11 is 0. The summed E-state index contributed by atoms with van der Waals surface area (Å²) in [6.45, 7) is 0.625. The monoisotopic (exact) mass is 406 g/mol. The third kappa shape index (κ3) is 4.13. The van der Waals surface area contributed by atoms with Crippen molar-refractivity contribution in [2.45, 2.75) is 25.2 Å². The number of carbonyl (C=O) groups is 1. The second-order valence-electron chi connectivity index (χ2n) is 7.47. The Morgan fingerprint density at radius 3 is 2.73 bits per heavy atom. The standard InChI is InChI=1S/C24H23FN2O3/c1-27(19-6-4-18(25)5-7-19)20-8-9-21-16(11-13-30-23(21)14-20)2-3-17-15-26-12-10-22(17)24(28)29/h4-10,12,14-16H,2-3,11,13H2,1H3,(H,28,29)/t16-/m1/s1. The molecule has 1 atom stereocenters. The van der Waals surface area contributed by atoms with Crippen LogP contribution >= 0.6 is 0 Å². The minimum absolute atomic E-state index is 0.261. The molecule has 3 aromatic rings. The zero-order valence-corrected chi connectivity index (χ0v) is 16.7. The average Bonchev–Trinajstić information content (AvgIpc) is 2.77. The van der Waals surface area contributed by atoms with E-state index in [0.717, 1.165) is 41.1 Å². The lowest BCUT2D eigenvalue weighted by Gasteiger charge is -2.28. The number of benzene rings is 2. The van der Waals surface area contributed by atoms with Gasteiger partial charge in [0.05, 0.1) is 12.2 Å². The van der Waals surface area contributed by atoms with Gasteiger partial charge in [-0.15, -0.1) is 0 Å². The predicted octanol–water partition coefficient (Wildman–Crippen LogP) is 5.19. The van der Waals surface area contributed by atoms with Crippen molar-refractivity contribution in [1.29, 1.82) is 0 Å². The molecule has 2 aromatic carbocycles. The maximum Gasteiger partial charge on any atom is 0.336 e. The highest BCUT2D eigenvalue weighted by Crippen LogP contribution is 2.39. The fraction of sp³-hybridized carbons (Fsp3) is 0.250. The molecule has 4 rings (SSSR count). The highest BCUT2D eigenvalue weighted by Gasteiger charge is 2.23. The van der Waals surface area contributed by atoms with Crippen LogP contribution in [-0.2, 0) is 6.42 Å². The molecule has 0 fully saturated rings. The Kier molecular flexibility index (Phi) is 5.65. The minimum atomic E-state index is -0.923. The number of nitrogens with zero attached hydrogens (tertiary/aromatic N) is 2. The van der Waals surface area contributed by atoms with Crippen molar-refractivity contribution in [3.05, 3.63) is 83.4 Å². The van der Waals surface area contributed by atoms with Gasteiger partial charge in [-0.25, -0.2) is 9.18 Å². The fourth-order valence-corrected chi connectivity index (χ4v) is 3.94. The van der Waals surface area contributed by atoms with Gasteiger partial charge in [-0.05, 0) is 72.7 Å². The molecule has 0 amide bonds. The molecular formula is C24H23FN2O3. The number of pyridine rings is 1. The van der Waals surface area contributed by atoms with E-state index in [1.807, 2.05) is 24.1 Å². The number of aromatic nitrogens is 1. The van der Waals surface area contributed by atoms with Crippen molar-refractivity contribution in [3.8, 4) is 5.75 Å². The minimum Gasteiger partial charge on any atom is -0.493 e. The number of hydrogen-bond donors (Lipinski definition) is 1. The van der Waals surface area contributed by atoms with E-state index in [1.165, 1.54) is 18.3 Å². The molecule has 6 heteroatoms. The zero-order valence-electron chi connectivity index (χ0n) is 16.7. The van der Waals surface area contributed by atoms with Crippen LogP contribution < -0.4 is 9.64 Å². The topological polar surface area (TPSA) is 62.7 Å². The van der Waals surface area contributed by atoms with Crippen molar-refractivity contribution in [2.75, 3.05) is 18.6 Å². The van der Waals surface area contributed by atoms with E-state index < -0.39 is 5.97 Å². The number of fused-ring (bicyclic) bond motifs is 1. The third-order valence-electron chi connectivity index (χ3n) is 5.66. The van der Waals surface area contributed by atoms with Gasteiger partial charge in [0, 0.05) is 36.9 Å². The van der Waals surface area contributed by atoms with Gasteiger partial charge in [0.25, 0.3) is 0 Å². The number of hydrogen-bond acceptors (Lipinski definition) is 4. The van der Waals surface area contributed by atoms with Gasteiger partial charge in [-0.1, -0.05) is 6.07 Å². The number of ether oxygens (including phenoxy) is 1. The van der Waals surface area contributed by atoms with Crippen LogP contribution in [0.3, 0.4) is 0 Å². The third-order valence-corrected chi connectivity index (χ3v) is 5.66. The fourth-order valence-electron chi connectivity index (χ4n) is 3.94. The molecule has 1 aliphatic heterocycles. The molecule has 1 aromatic heterocycles. The Balaban J connectivity index is 1.52. The highest BCUT2D eigenvalue weighted by atomic mass is 19.1. The summed E-state index contributed by atoms with van der Waals surface area (Å²) in [5.74, 6) is -0.0418. The van der Waals surface area contributed by atoms with E-state index in [1.54, 1.807) is 24.4 Å². The smallest absolute Gasteiger partial charge is 0.336 e. The first-order chi connectivity index (χ1) is 14.5. The molecule has 1 N–H and O–H groups in total. The molecule has 5 nitrogen and oxygen atoms in total. The lowest BCUT2D eigenvalue weighted by Crippen LogP contribution is -2.17. The maximum absolute atomic E-state index is 13.2. The first-order valence-electron chi connectivity index (χ1n) is 9.95. The number of aryl methyl sites for hydroxylation is 1. The number of rotatable bonds is 6. The second-order valence-corrected chi connectivity index (χ2v) is 7.47. The van der Waals surface area contributed by atoms with Crippen molar-refractivity contribution in [1.82, 2.24) is 4.98 Å². The summed E-state index contributed by atoms with van der Waals surface area (Å²) in [6, 6.07) is 14.1. The molecule has 0 saturated carbocycles. The van der Waals surface area contributed by atoms with Crippen LogP contribution in [0.25, 0.3) is 0 Å². The molecule has 30 heavy (non-hydrogen) atoms. The SMILES string of the molecule is CN(c1ccc(F)cc1)c1ccc2c(c1)OCC[C@H]2CCc1cnccc1C(=O)O. The van der Waals surface area contributed by atoms with E-state index >= 15 is 0 Å². The summed E-state index contributed by atoms with van der Waals surface area (Å²) in [4.78, 5) is 17.5. The summed E-state index contributed by atoms with van der Waals surface area (Å²) in [7, 11) is 1.94. The van der Waals surface area contributed by atoms with Crippen LogP contribution in [0.15, 0.2) is 60.9 Å². The van der Waals surface area contributed by atoms with Crippen LogP contribution in [0.4, 0.5) is 15.8 Å². The predicted molar refractivity (Wildman–Crippen MR) is 113 cm³/mol. The number of anilines is 2. The van der Waals surface area contributed by atoms with E-state index in [0.29, 0.717) is 24.5 Å². The summed E-state index contributed by atoms with van der Waals surface area (Å²) in [6.07, 6.45) is 5.52. The number of carboxylic acids is 1. The summed E-state index contributed by atoms with van der Waals surface area (Å²) < 4.78 is 19.1. The molecule has 2 heterocycles. The Labute approximate surface area is 174 Å². The van der Waals surface area contributed by atoms with E-state index in [2.05, 4.69) is 11.1 Å². The quantitative estimate of drug-likeness (QED) is 0.611. The average molecular weight is 406 g/mol. The van der Waals surface area contributed by atoms with Crippen molar-refractivity contribution in [2.24, 2.45) is 0 Å². The molecule has 0 aliphatic carbocycles. The number of carboxylic acid groups (broad SMARTS) is 1. The van der Waals surface area contributed by atoms with Crippen LogP contribution in [0.5, 0.6) is 5.75 Å². The van der Waals surface area contributed by atoms with Crippen molar-refractivity contribution in [3.63, 3.8) is 0 Å². The van der Waals surface area contributed by atoms with Gasteiger partial charge < -0.3 is 14.7 Å². The van der Waals surface area contributed by atoms with Crippen molar-refractivity contribution >= 4 is 17.3 Å². The van der Waals surface area contributed by atoms with Crippen molar-refractivity contribution < 1.29 is 19.0 Å². The first-order valence-corrected chi connectivity index (χ1v) is 9.95. The van der Waals surface area contributed by atoms with Gasteiger partial charge in [0.1, 0.15) is 11.6 Å². The second kappa shape index (κ2) is 8.53. The highest BCUT2D eigenvalue weighted by molar-refractivity contribution is 5.89. The van der Waals surface area contributed by atoms with Gasteiger partial charge >= 0.3 is 5.97 Å². The molecular weight excluding hydrogens is 383 g/mol. The zero-order chi connectivity index (χ0) is 21.1. The van der Waals surface area contributed by atoms with E-state index in [4.69, 9.17) is 4.74 Å². The Bertz CT molecular complexity index is 1050. The van der Waals surface area contributed by atoms with Gasteiger partial charge in [-0.3, -0.25) is 4.98 Å². The Hall–Kier alpha value is -3.41. The summed E-state index contributed by atoms with van der Waals surface area (Å²) in [5.41, 5.74) is 4.06. The van der Waals surface area contributed by atoms with Crippen LogP contribution in [0.2, 0.25) is 0 Å². The largest absolute Gasteiger partial charge is 0.493 e. The molecule has 154 valence electrons. The lowest BCUT2D eigenvalue weighted by molar-refractivity contribution is 0.0695. The molecule has 0 radical (unpaired) electrons. The molecule has 0 spiro atoms. The Morgan fingerprint density at radius 1 is 1.20 bits per heavy atom. The van der Waals surface area contributed by atoms with E-state index in [-0.39, 0.29) is 5.82 Å². The molecule has 1 aliphatic rings. The number of aromatic carboxylic acids is 1. The lowest BCUT2D eigenvalue weighted by atomic mass is 9.87. The molecule has 0 unspecified atom stereocenters. The maximum atomic E-state index is 13.2.